The molecule has 2 heterocycles. The van der Waals surface area contributed by atoms with Crippen LogP contribution < -0.4 is 15.0 Å². The lowest BCUT2D eigenvalue weighted by Gasteiger charge is -2.09. The van der Waals surface area contributed by atoms with Crippen molar-refractivity contribution in [1.29, 1.82) is 0 Å². The van der Waals surface area contributed by atoms with E-state index in [9.17, 15) is 9.59 Å². The Morgan fingerprint density at radius 2 is 1.97 bits per heavy atom. The van der Waals surface area contributed by atoms with Crippen LogP contribution >= 0.6 is 11.3 Å². The maximum Gasteiger partial charge on any atom is 0.338 e. The molecule has 1 aromatic carbocycles. The summed E-state index contributed by atoms with van der Waals surface area (Å²) in [5.41, 5.74) is 0.325. The monoisotopic (exact) mass is 419 g/mol. The molecule has 0 radical (unpaired) electrons. The van der Waals surface area contributed by atoms with Crippen LogP contribution in [0.25, 0.3) is 4.96 Å². The van der Waals surface area contributed by atoms with Crippen molar-refractivity contribution in [2.45, 2.75) is 20.0 Å². The van der Waals surface area contributed by atoms with Gasteiger partial charge in [-0.25, -0.2) is 9.78 Å². The SMILES string of the molecule is CCOCCc1nn2c(=O)cc(COC(=O)c3ccc(OC)c(OC)c3)nc2s1. The first-order valence-corrected chi connectivity index (χ1v) is 9.73. The molecule has 0 saturated heterocycles. The van der Waals surface area contributed by atoms with E-state index in [4.69, 9.17) is 18.9 Å². The minimum atomic E-state index is -0.560. The molecule has 0 spiro atoms. The van der Waals surface area contributed by atoms with Gasteiger partial charge in [0.2, 0.25) is 4.96 Å². The molecule has 0 atom stereocenters. The van der Waals surface area contributed by atoms with E-state index in [2.05, 4.69) is 10.1 Å². The van der Waals surface area contributed by atoms with Crippen LogP contribution in [0.15, 0.2) is 29.1 Å². The van der Waals surface area contributed by atoms with E-state index in [-0.39, 0.29) is 12.2 Å². The first kappa shape index (κ1) is 20.7. The average Bonchev–Trinajstić information content (AvgIpc) is 3.15. The lowest BCUT2D eigenvalue weighted by molar-refractivity contribution is 0.0467. The summed E-state index contributed by atoms with van der Waals surface area (Å²) in [5, 5.41) is 5.00. The third-order valence-electron chi connectivity index (χ3n) is 3.97. The number of benzene rings is 1. The van der Waals surface area contributed by atoms with Crippen LogP contribution in [0.5, 0.6) is 11.5 Å². The molecule has 3 aromatic rings. The standard InChI is InChI=1S/C19H21N3O6S/c1-4-27-8-7-16-21-22-17(23)10-13(20-19(22)29-16)11-28-18(24)12-5-6-14(25-2)15(9-12)26-3/h5-6,9-10H,4,7-8,11H2,1-3H3. The fraction of sp³-hybridized carbons (Fsp3) is 0.368. The highest BCUT2D eigenvalue weighted by atomic mass is 32.1. The molecule has 154 valence electrons. The molecular weight excluding hydrogens is 398 g/mol. The number of ether oxygens (including phenoxy) is 4. The summed E-state index contributed by atoms with van der Waals surface area (Å²) in [4.78, 5) is 29.4. The second kappa shape index (κ2) is 9.48. The summed E-state index contributed by atoms with van der Waals surface area (Å²) < 4.78 is 22.2. The van der Waals surface area contributed by atoms with Crippen LogP contribution in [-0.4, -0.2) is 48.0 Å². The minimum Gasteiger partial charge on any atom is -0.493 e. The third-order valence-corrected chi connectivity index (χ3v) is 4.94. The zero-order chi connectivity index (χ0) is 20.8. The van der Waals surface area contributed by atoms with Gasteiger partial charge in [0, 0.05) is 19.1 Å². The highest BCUT2D eigenvalue weighted by molar-refractivity contribution is 7.16. The number of fused-ring (bicyclic) bond motifs is 1. The molecule has 0 fully saturated rings. The number of hydrogen-bond donors (Lipinski definition) is 0. The van der Waals surface area contributed by atoms with Gasteiger partial charge in [-0.3, -0.25) is 4.79 Å². The highest BCUT2D eigenvalue weighted by Gasteiger charge is 2.14. The molecule has 0 saturated carbocycles. The summed E-state index contributed by atoms with van der Waals surface area (Å²) in [6, 6.07) is 6.03. The lowest BCUT2D eigenvalue weighted by Crippen LogP contribution is -2.17. The van der Waals surface area contributed by atoms with E-state index in [1.165, 1.54) is 42.2 Å². The molecule has 0 aliphatic carbocycles. The number of methoxy groups -OCH3 is 2. The summed E-state index contributed by atoms with van der Waals surface area (Å²) in [7, 11) is 3.00. The second-order valence-electron chi connectivity index (χ2n) is 5.87. The van der Waals surface area contributed by atoms with Crippen LogP contribution in [0.1, 0.15) is 28.0 Å². The lowest BCUT2D eigenvalue weighted by atomic mass is 10.2. The van der Waals surface area contributed by atoms with Gasteiger partial charge in [0.15, 0.2) is 11.5 Å². The molecular formula is C19H21N3O6S. The molecule has 29 heavy (non-hydrogen) atoms. The maximum atomic E-state index is 12.3. The number of carbonyl (C=O) groups excluding carboxylic acids is 1. The number of aromatic nitrogens is 3. The third kappa shape index (κ3) is 4.90. The van der Waals surface area contributed by atoms with Gasteiger partial charge in [-0.2, -0.15) is 9.61 Å². The summed E-state index contributed by atoms with van der Waals surface area (Å²) in [5.74, 6) is 0.369. The largest absolute Gasteiger partial charge is 0.493 e. The van der Waals surface area contributed by atoms with Gasteiger partial charge in [-0.1, -0.05) is 11.3 Å². The number of rotatable bonds is 9. The second-order valence-corrected chi connectivity index (χ2v) is 6.91. The van der Waals surface area contributed by atoms with Crippen molar-refractivity contribution in [2.24, 2.45) is 0 Å². The first-order valence-electron chi connectivity index (χ1n) is 8.91. The van der Waals surface area contributed by atoms with Crippen molar-refractivity contribution in [1.82, 2.24) is 14.6 Å². The number of hydrogen-bond acceptors (Lipinski definition) is 9. The summed E-state index contributed by atoms with van der Waals surface area (Å²) >= 11 is 1.31. The molecule has 3 rings (SSSR count). The maximum absolute atomic E-state index is 12.3. The summed E-state index contributed by atoms with van der Waals surface area (Å²) in [6.07, 6.45) is 0.602. The predicted molar refractivity (Wildman–Crippen MR) is 106 cm³/mol. The zero-order valence-electron chi connectivity index (χ0n) is 16.3. The Labute approximate surface area is 170 Å². The molecule has 9 nitrogen and oxygen atoms in total. The molecule has 0 amide bonds. The molecule has 0 aliphatic rings. The van der Waals surface area contributed by atoms with Crippen molar-refractivity contribution < 1.29 is 23.7 Å². The van der Waals surface area contributed by atoms with E-state index in [1.807, 2.05) is 6.92 Å². The number of nitrogens with zero attached hydrogens (tertiary/aromatic N) is 3. The number of esters is 1. The van der Waals surface area contributed by atoms with E-state index in [0.717, 1.165) is 5.01 Å². The fourth-order valence-electron chi connectivity index (χ4n) is 2.56. The van der Waals surface area contributed by atoms with Crippen molar-refractivity contribution in [3.63, 3.8) is 0 Å². The quantitative estimate of drug-likeness (QED) is 0.384. The average molecular weight is 419 g/mol. The van der Waals surface area contributed by atoms with E-state index < -0.39 is 5.97 Å². The molecule has 10 heteroatoms. The van der Waals surface area contributed by atoms with Crippen molar-refractivity contribution in [3.05, 3.63) is 50.9 Å². The Bertz CT molecular complexity index is 1060. The van der Waals surface area contributed by atoms with Gasteiger partial charge >= 0.3 is 5.97 Å². The van der Waals surface area contributed by atoms with Crippen molar-refractivity contribution in [3.8, 4) is 11.5 Å². The van der Waals surface area contributed by atoms with Crippen molar-refractivity contribution in [2.75, 3.05) is 27.4 Å². The number of carbonyl (C=O) groups is 1. The van der Waals surface area contributed by atoms with Crippen LogP contribution in [0.4, 0.5) is 0 Å². The molecule has 2 aromatic heterocycles. The molecule has 0 bridgehead atoms. The van der Waals surface area contributed by atoms with Crippen LogP contribution in [0.3, 0.4) is 0 Å². The van der Waals surface area contributed by atoms with Gasteiger partial charge in [-0.05, 0) is 25.1 Å². The molecule has 0 unspecified atom stereocenters. The van der Waals surface area contributed by atoms with Crippen LogP contribution in [-0.2, 0) is 22.5 Å². The van der Waals surface area contributed by atoms with Crippen molar-refractivity contribution >= 4 is 22.3 Å². The summed E-state index contributed by atoms with van der Waals surface area (Å²) in [6.45, 7) is 2.94. The van der Waals surface area contributed by atoms with Gasteiger partial charge in [0.1, 0.15) is 11.6 Å². The molecule has 0 aliphatic heterocycles. The van der Waals surface area contributed by atoms with E-state index in [1.54, 1.807) is 12.1 Å². The zero-order valence-corrected chi connectivity index (χ0v) is 17.2. The Morgan fingerprint density at radius 3 is 2.69 bits per heavy atom. The van der Waals surface area contributed by atoms with Gasteiger partial charge < -0.3 is 18.9 Å². The minimum absolute atomic E-state index is 0.134. The van der Waals surface area contributed by atoms with Gasteiger partial charge in [0.25, 0.3) is 5.56 Å². The topological polar surface area (TPSA) is 101 Å². The van der Waals surface area contributed by atoms with Crippen LogP contribution in [0.2, 0.25) is 0 Å². The fourth-order valence-corrected chi connectivity index (χ4v) is 3.46. The first-order chi connectivity index (χ1) is 14.0. The van der Waals surface area contributed by atoms with E-state index >= 15 is 0 Å². The highest BCUT2D eigenvalue weighted by Crippen LogP contribution is 2.27. The van der Waals surface area contributed by atoms with E-state index in [0.29, 0.717) is 47.4 Å². The van der Waals surface area contributed by atoms with Gasteiger partial charge in [-0.15, -0.1) is 0 Å². The van der Waals surface area contributed by atoms with Gasteiger partial charge in [0.05, 0.1) is 32.1 Å². The van der Waals surface area contributed by atoms with Crippen LogP contribution in [0, 0.1) is 0 Å². The normalized spacial score (nSPS) is 10.9. The molecule has 0 N–H and O–H groups in total. The smallest absolute Gasteiger partial charge is 0.338 e. The Hall–Kier alpha value is -2.98. The Balaban J connectivity index is 1.71. The predicted octanol–water partition coefficient (Wildman–Crippen LogP) is 2.10. The Morgan fingerprint density at radius 1 is 1.17 bits per heavy atom. The Kier molecular flexibility index (Phi) is 6.78.